The van der Waals surface area contributed by atoms with Crippen LogP contribution in [0.1, 0.15) is 28.0 Å². The highest BCUT2D eigenvalue weighted by molar-refractivity contribution is 7.21. The van der Waals surface area contributed by atoms with Crippen LogP contribution in [0.2, 0.25) is 0 Å². The molecule has 21 heavy (non-hydrogen) atoms. The van der Waals surface area contributed by atoms with Gasteiger partial charge in [0.25, 0.3) is 5.91 Å². The van der Waals surface area contributed by atoms with Crippen LogP contribution in [0.3, 0.4) is 0 Å². The Morgan fingerprint density at radius 1 is 1.29 bits per heavy atom. The molecule has 0 aliphatic heterocycles. The molecule has 1 N–H and O–H groups in total. The van der Waals surface area contributed by atoms with Crippen molar-refractivity contribution in [1.29, 1.82) is 0 Å². The molecule has 108 valence electrons. The van der Waals surface area contributed by atoms with Crippen LogP contribution in [0.25, 0.3) is 15.9 Å². The standard InChI is InChI=1S/C16H17N3OS/c1-4-17-15(20)14-13(19-10(2)7-8-11(19)3)12-6-5-9-18-16(12)21-14/h5-9H,4H2,1-3H3,(H,17,20). The van der Waals surface area contributed by atoms with E-state index in [0.717, 1.165) is 27.3 Å². The Labute approximate surface area is 127 Å². The molecule has 0 aliphatic carbocycles. The van der Waals surface area contributed by atoms with Crippen LogP contribution in [0.15, 0.2) is 30.5 Å². The Morgan fingerprint density at radius 2 is 2.00 bits per heavy atom. The number of aryl methyl sites for hydroxylation is 2. The molecule has 3 heterocycles. The summed E-state index contributed by atoms with van der Waals surface area (Å²) in [4.78, 5) is 18.4. The molecular weight excluding hydrogens is 282 g/mol. The molecule has 0 fully saturated rings. The van der Waals surface area contributed by atoms with E-state index in [1.165, 1.54) is 11.3 Å². The summed E-state index contributed by atoms with van der Waals surface area (Å²) >= 11 is 1.44. The van der Waals surface area contributed by atoms with Crippen molar-refractivity contribution in [3.05, 3.63) is 46.7 Å². The first-order valence-corrected chi connectivity index (χ1v) is 7.76. The number of pyridine rings is 1. The minimum Gasteiger partial charge on any atom is -0.352 e. The van der Waals surface area contributed by atoms with Crippen LogP contribution < -0.4 is 5.32 Å². The molecule has 0 unspecified atom stereocenters. The number of rotatable bonds is 3. The van der Waals surface area contributed by atoms with Gasteiger partial charge in [-0.2, -0.15) is 0 Å². The predicted octanol–water partition coefficient (Wildman–Crippen LogP) is 3.45. The van der Waals surface area contributed by atoms with Gasteiger partial charge < -0.3 is 9.88 Å². The topological polar surface area (TPSA) is 46.9 Å². The molecule has 0 aliphatic rings. The highest BCUT2D eigenvalue weighted by Crippen LogP contribution is 2.34. The maximum Gasteiger partial charge on any atom is 0.263 e. The number of hydrogen-bond donors (Lipinski definition) is 1. The van der Waals surface area contributed by atoms with Gasteiger partial charge in [-0.25, -0.2) is 4.98 Å². The van der Waals surface area contributed by atoms with Crippen molar-refractivity contribution in [2.45, 2.75) is 20.8 Å². The number of hydrogen-bond acceptors (Lipinski definition) is 3. The van der Waals surface area contributed by atoms with Crippen molar-refractivity contribution in [2.24, 2.45) is 0 Å². The number of carbonyl (C=O) groups is 1. The molecule has 0 radical (unpaired) electrons. The minimum atomic E-state index is -0.0389. The van der Waals surface area contributed by atoms with Gasteiger partial charge in [0.1, 0.15) is 9.71 Å². The molecule has 0 saturated carbocycles. The Morgan fingerprint density at radius 3 is 2.67 bits per heavy atom. The lowest BCUT2D eigenvalue weighted by atomic mass is 10.2. The molecular formula is C16H17N3OS. The summed E-state index contributed by atoms with van der Waals surface area (Å²) in [6, 6.07) is 8.07. The van der Waals surface area contributed by atoms with Gasteiger partial charge in [-0.1, -0.05) is 0 Å². The number of aromatic nitrogens is 2. The fourth-order valence-electron chi connectivity index (χ4n) is 2.56. The number of amides is 1. The molecule has 5 heteroatoms. The van der Waals surface area contributed by atoms with Crippen molar-refractivity contribution in [1.82, 2.24) is 14.9 Å². The van der Waals surface area contributed by atoms with E-state index in [0.29, 0.717) is 11.4 Å². The Kier molecular flexibility index (Phi) is 3.51. The van der Waals surface area contributed by atoms with Crippen molar-refractivity contribution in [3.63, 3.8) is 0 Å². The number of fused-ring (bicyclic) bond motifs is 1. The van der Waals surface area contributed by atoms with Gasteiger partial charge in [-0.15, -0.1) is 11.3 Å². The van der Waals surface area contributed by atoms with Crippen LogP contribution in [0.5, 0.6) is 0 Å². The maximum absolute atomic E-state index is 12.4. The van der Waals surface area contributed by atoms with E-state index in [-0.39, 0.29) is 5.91 Å². The predicted molar refractivity (Wildman–Crippen MR) is 86.4 cm³/mol. The summed E-state index contributed by atoms with van der Waals surface area (Å²) in [5, 5.41) is 3.91. The van der Waals surface area contributed by atoms with Gasteiger partial charge in [0, 0.05) is 29.5 Å². The Balaban J connectivity index is 2.33. The van der Waals surface area contributed by atoms with Crippen LogP contribution in [0.4, 0.5) is 0 Å². The molecule has 0 saturated heterocycles. The summed E-state index contributed by atoms with van der Waals surface area (Å²) in [5.74, 6) is -0.0389. The second kappa shape index (κ2) is 5.33. The largest absolute Gasteiger partial charge is 0.352 e. The van der Waals surface area contributed by atoms with Gasteiger partial charge in [-0.3, -0.25) is 4.79 Å². The van der Waals surface area contributed by atoms with Crippen molar-refractivity contribution < 1.29 is 4.79 Å². The lowest BCUT2D eigenvalue weighted by Crippen LogP contribution is -2.23. The SMILES string of the molecule is CCNC(=O)c1sc2ncccc2c1-n1c(C)ccc1C. The van der Waals surface area contributed by atoms with Crippen LogP contribution in [0, 0.1) is 13.8 Å². The third-order valence-corrected chi connectivity index (χ3v) is 4.58. The van der Waals surface area contributed by atoms with Gasteiger partial charge in [-0.05, 0) is 45.0 Å². The first-order chi connectivity index (χ1) is 10.1. The highest BCUT2D eigenvalue weighted by Gasteiger charge is 2.21. The average Bonchev–Trinajstić information content (AvgIpc) is 3.00. The highest BCUT2D eigenvalue weighted by atomic mass is 32.1. The van der Waals surface area contributed by atoms with E-state index < -0.39 is 0 Å². The van der Waals surface area contributed by atoms with Gasteiger partial charge >= 0.3 is 0 Å². The molecule has 4 nitrogen and oxygen atoms in total. The molecule has 3 rings (SSSR count). The van der Waals surface area contributed by atoms with Crippen LogP contribution >= 0.6 is 11.3 Å². The van der Waals surface area contributed by atoms with E-state index in [1.54, 1.807) is 6.20 Å². The average molecular weight is 299 g/mol. The fraction of sp³-hybridized carbons (Fsp3) is 0.250. The van der Waals surface area contributed by atoms with Gasteiger partial charge in [0.05, 0.1) is 5.69 Å². The summed E-state index contributed by atoms with van der Waals surface area (Å²) in [6.45, 7) is 6.64. The summed E-state index contributed by atoms with van der Waals surface area (Å²) in [6.07, 6.45) is 1.76. The molecule has 3 aromatic rings. The lowest BCUT2D eigenvalue weighted by Gasteiger charge is -2.11. The monoisotopic (exact) mass is 299 g/mol. The maximum atomic E-state index is 12.4. The van der Waals surface area contributed by atoms with Gasteiger partial charge in [0.15, 0.2) is 0 Å². The smallest absolute Gasteiger partial charge is 0.263 e. The third kappa shape index (κ3) is 2.23. The third-order valence-electron chi connectivity index (χ3n) is 3.48. The van der Waals surface area contributed by atoms with Crippen molar-refractivity contribution in [3.8, 4) is 5.69 Å². The zero-order valence-electron chi connectivity index (χ0n) is 12.3. The van der Waals surface area contributed by atoms with Gasteiger partial charge in [0.2, 0.25) is 0 Å². The van der Waals surface area contributed by atoms with Crippen LogP contribution in [-0.2, 0) is 0 Å². The van der Waals surface area contributed by atoms with E-state index in [4.69, 9.17) is 0 Å². The summed E-state index contributed by atoms with van der Waals surface area (Å²) in [7, 11) is 0. The quantitative estimate of drug-likeness (QED) is 0.805. The second-order valence-corrected chi connectivity index (χ2v) is 5.95. The number of carbonyl (C=O) groups excluding carboxylic acids is 1. The van der Waals surface area contributed by atoms with E-state index in [9.17, 15) is 4.79 Å². The summed E-state index contributed by atoms with van der Waals surface area (Å²) in [5.41, 5.74) is 3.16. The number of nitrogens with zero attached hydrogens (tertiary/aromatic N) is 2. The molecule has 1 amide bonds. The first kappa shape index (κ1) is 13.8. The lowest BCUT2D eigenvalue weighted by molar-refractivity contribution is 0.0960. The number of nitrogens with one attached hydrogen (secondary N) is 1. The van der Waals surface area contributed by atoms with Crippen LogP contribution in [-0.4, -0.2) is 22.0 Å². The summed E-state index contributed by atoms with van der Waals surface area (Å²) < 4.78 is 2.13. The van der Waals surface area contributed by atoms with E-state index >= 15 is 0 Å². The first-order valence-electron chi connectivity index (χ1n) is 6.94. The minimum absolute atomic E-state index is 0.0389. The fourth-order valence-corrected chi connectivity index (χ4v) is 3.60. The zero-order chi connectivity index (χ0) is 15.0. The van der Waals surface area contributed by atoms with Crippen molar-refractivity contribution in [2.75, 3.05) is 6.54 Å². The number of thiophene rings is 1. The second-order valence-electron chi connectivity index (χ2n) is 4.95. The normalized spacial score (nSPS) is 11.0. The van der Waals surface area contributed by atoms with E-state index in [1.807, 2.05) is 32.9 Å². The molecule has 0 spiro atoms. The Hall–Kier alpha value is -2.14. The van der Waals surface area contributed by atoms with E-state index in [2.05, 4.69) is 27.0 Å². The molecule has 3 aromatic heterocycles. The Bertz CT molecular complexity index is 797. The zero-order valence-corrected chi connectivity index (χ0v) is 13.1. The molecule has 0 atom stereocenters. The molecule has 0 aromatic carbocycles. The molecule has 0 bridgehead atoms. The van der Waals surface area contributed by atoms with Crippen molar-refractivity contribution >= 4 is 27.5 Å².